The topological polar surface area (TPSA) is 95.9 Å². The van der Waals surface area contributed by atoms with E-state index in [4.69, 9.17) is 4.74 Å². The molecule has 1 heterocycles. The number of nitrogens with one attached hydrogen (secondary N) is 1. The monoisotopic (exact) mass is 362 g/mol. The Labute approximate surface area is 153 Å². The van der Waals surface area contributed by atoms with Gasteiger partial charge in [0.1, 0.15) is 17.7 Å². The quantitative estimate of drug-likeness (QED) is 0.858. The molecule has 0 saturated heterocycles. The number of carboxylic acids is 1. The zero-order valence-electron chi connectivity index (χ0n) is 15.8. The summed E-state index contributed by atoms with van der Waals surface area (Å²) >= 11 is 0. The zero-order valence-corrected chi connectivity index (χ0v) is 15.8. The normalized spacial score (nSPS) is 17.6. The van der Waals surface area contributed by atoms with Crippen molar-refractivity contribution >= 4 is 23.7 Å². The maximum absolute atomic E-state index is 13.2. The van der Waals surface area contributed by atoms with Gasteiger partial charge in [0, 0.05) is 12.1 Å². The molecule has 26 heavy (non-hydrogen) atoms. The maximum atomic E-state index is 13.2. The number of nitrogens with zero attached hydrogens (tertiary/aromatic N) is 1. The molecule has 0 spiro atoms. The molecule has 2 N–H and O–H groups in total. The fraction of sp³-hybridized carbons (Fsp3) is 0.526. The van der Waals surface area contributed by atoms with E-state index in [1.807, 2.05) is 12.1 Å². The van der Waals surface area contributed by atoms with Crippen LogP contribution in [-0.4, -0.2) is 40.8 Å². The molecule has 0 bridgehead atoms. The first-order valence-electron chi connectivity index (χ1n) is 8.64. The van der Waals surface area contributed by atoms with Crippen molar-refractivity contribution < 1.29 is 24.2 Å². The van der Waals surface area contributed by atoms with E-state index >= 15 is 0 Å². The fourth-order valence-corrected chi connectivity index (χ4v) is 2.95. The van der Waals surface area contributed by atoms with Gasteiger partial charge in [0.2, 0.25) is 0 Å². The molecule has 0 aromatic heterocycles. The highest BCUT2D eigenvalue weighted by Gasteiger charge is 2.42. The number of rotatable bonds is 4. The third-order valence-corrected chi connectivity index (χ3v) is 4.10. The van der Waals surface area contributed by atoms with Gasteiger partial charge in [0.15, 0.2) is 0 Å². The molecule has 1 aliphatic heterocycles. The number of anilines is 1. The van der Waals surface area contributed by atoms with E-state index in [0.717, 1.165) is 5.56 Å². The molecule has 0 saturated carbocycles. The summed E-state index contributed by atoms with van der Waals surface area (Å²) in [4.78, 5) is 38.3. The average Bonchev–Trinajstić information content (AvgIpc) is 2.89. The van der Waals surface area contributed by atoms with Gasteiger partial charge in [-0.05, 0) is 38.3 Å². The summed E-state index contributed by atoms with van der Waals surface area (Å²) in [5.74, 6) is -1.77. The molecule has 2 rings (SSSR count). The first-order chi connectivity index (χ1) is 12.0. The molecule has 142 valence electrons. The van der Waals surface area contributed by atoms with E-state index in [-0.39, 0.29) is 12.3 Å². The summed E-state index contributed by atoms with van der Waals surface area (Å²) in [6.07, 6.45) is -0.460. The number of ether oxygens (including phenoxy) is 1. The Balaban J connectivity index is 2.29. The van der Waals surface area contributed by atoms with Crippen LogP contribution in [0.25, 0.3) is 0 Å². The van der Waals surface area contributed by atoms with Crippen LogP contribution >= 0.6 is 0 Å². The lowest BCUT2D eigenvalue weighted by Crippen LogP contribution is -2.55. The molecule has 1 unspecified atom stereocenters. The lowest BCUT2D eigenvalue weighted by molar-refractivity contribution is -0.140. The zero-order chi connectivity index (χ0) is 19.6. The van der Waals surface area contributed by atoms with E-state index in [1.165, 1.54) is 4.90 Å². The predicted molar refractivity (Wildman–Crippen MR) is 97.1 cm³/mol. The highest BCUT2D eigenvalue weighted by molar-refractivity contribution is 6.05. The molecule has 0 radical (unpaired) electrons. The highest BCUT2D eigenvalue weighted by atomic mass is 16.6. The van der Waals surface area contributed by atoms with Crippen LogP contribution in [0.3, 0.4) is 0 Å². The number of para-hydroxylation sites is 1. The van der Waals surface area contributed by atoms with Gasteiger partial charge in [-0.25, -0.2) is 9.59 Å². The number of hydrogen-bond acceptors (Lipinski definition) is 4. The number of hydrogen-bond donors (Lipinski definition) is 2. The summed E-state index contributed by atoms with van der Waals surface area (Å²) in [6, 6.07) is 5.23. The van der Waals surface area contributed by atoms with Crippen LogP contribution in [0.2, 0.25) is 0 Å². The Morgan fingerprint density at radius 2 is 1.85 bits per heavy atom. The average molecular weight is 362 g/mol. The molecule has 2 amide bonds. The van der Waals surface area contributed by atoms with Crippen LogP contribution in [0, 0.1) is 5.92 Å². The van der Waals surface area contributed by atoms with E-state index in [0.29, 0.717) is 5.69 Å². The minimum atomic E-state index is -1.07. The number of fused-ring (bicyclic) bond motifs is 1. The van der Waals surface area contributed by atoms with Crippen molar-refractivity contribution in [1.82, 2.24) is 5.32 Å². The Kier molecular flexibility index (Phi) is 5.59. The third-order valence-electron chi connectivity index (χ3n) is 4.10. The van der Waals surface area contributed by atoms with E-state index in [9.17, 15) is 19.5 Å². The number of alkyl carbamates (subject to hydrolysis) is 1. The Morgan fingerprint density at radius 1 is 1.23 bits per heavy atom. The molecule has 0 aliphatic carbocycles. The van der Waals surface area contributed by atoms with Gasteiger partial charge in [-0.2, -0.15) is 0 Å². The molecule has 7 heteroatoms. The van der Waals surface area contributed by atoms with Crippen molar-refractivity contribution in [3.05, 3.63) is 29.8 Å². The summed E-state index contributed by atoms with van der Waals surface area (Å²) < 4.78 is 5.24. The molecule has 7 nitrogen and oxygen atoms in total. The lowest BCUT2D eigenvalue weighted by atomic mass is 10.0. The first kappa shape index (κ1) is 19.8. The number of amides is 2. The number of benzene rings is 1. The molecule has 1 aromatic carbocycles. The first-order valence-corrected chi connectivity index (χ1v) is 8.64. The molecule has 1 aromatic rings. The summed E-state index contributed by atoms with van der Waals surface area (Å²) in [7, 11) is 0. The van der Waals surface area contributed by atoms with Gasteiger partial charge in [-0.1, -0.05) is 32.0 Å². The predicted octanol–water partition coefficient (Wildman–Crippen LogP) is 2.58. The number of carbonyl (C=O) groups excluding carboxylic acids is 2. The summed E-state index contributed by atoms with van der Waals surface area (Å²) in [6.45, 7) is 8.78. The molecule has 2 atom stereocenters. The standard InChI is InChI=1S/C19H26N2O5/c1-11(2)15(20-18(25)26-19(3,4)5)16(22)21-13-9-7-6-8-12(13)10-14(21)17(23)24/h6-9,11,14-15H,10H2,1-5H3,(H,20,25)(H,23,24)/t14?,15-/m0/s1. The highest BCUT2D eigenvalue weighted by Crippen LogP contribution is 2.33. The van der Waals surface area contributed by atoms with E-state index in [2.05, 4.69) is 5.32 Å². The van der Waals surface area contributed by atoms with Crippen LogP contribution in [0.4, 0.5) is 10.5 Å². The van der Waals surface area contributed by atoms with Crippen LogP contribution < -0.4 is 10.2 Å². The van der Waals surface area contributed by atoms with Crippen LogP contribution in [0.5, 0.6) is 0 Å². The Bertz CT molecular complexity index is 708. The van der Waals surface area contributed by atoms with Gasteiger partial charge < -0.3 is 15.2 Å². The SMILES string of the molecule is CC(C)[C@H](NC(=O)OC(C)(C)C)C(=O)N1c2ccccc2CC1C(=O)O. The van der Waals surface area contributed by atoms with Gasteiger partial charge >= 0.3 is 12.1 Å². The van der Waals surface area contributed by atoms with Crippen molar-refractivity contribution in [2.45, 2.75) is 58.7 Å². The van der Waals surface area contributed by atoms with Gasteiger partial charge in [0.05, 0.1) is 0 Å². The number of carboxylic acid groups (broad SMARTS) is 1. The Hall–Kier alpha value is -2.57. The van der Waals surface area contributed by atoms with E-state index in [1.54, 1.807) is 46.8 Å². The van der Waals surface area contributed by atoms with Gasteiger partial charge in [-0.15, -0.1) is 0 Å². The number of carbonyl (C=O) groups is 3. The summed E-state index contributed by atoms with van der Waals surface area (Å²) in [5.41, 5.74) is 0.674. The van der Waals surface area contributed by atoms with Gasteiger partial charge in [-0.3, -0.25) is 9.69 Å². The van der Waals surface area contributed by atoms with Crippen molar-refractivity contribution in [2.75, 3.05) is 4.90 Å². The van der Waals surface area contributed by atoms with Crippen molar-refractivity contribution in [1.29, 1.82) is 0 Å². The smallest absolute Gasteiger partial charge is 0.408 e. The van der Waals surface area contributed by atoms with Crippen molar-refractivity contribution in [3.8, 4) is 0 Å². The molecule has 1 aliphatic rings. The van der Waals surface area contributed by atoms with E-state index < -0.39 is 35.7 Å². The van der Waals surface area contributed by atoms with Crippen LogP contribution in [-0.2, 0) is 20.7 Å². The fourth-order valence-electron chi connectivity index (χ4n) is 2.95. The molecule has 0 fully saturated rings. The second-order valence-corrected chi connectivity index (χ2v) is 7.76. The molecular weight excluding hydrogens is 336 g/mol. The number of aliphatic carboxylic acids is 1. The second kappa shape index (κ2) is 7.35. The second-order valence-electron chi connectivity index (χ2n) is 7.76. The third kappa shape index (κ3) is 4.33. The Morgan fingerprint density at radius 3 is 2.38 bits per heavy atom. The minimum Gasteiger partial charge on any atom is -0.480 e. The maximum Gasteiger partial charge on any atom is 0.408 e. The largest absolute Gasteiger partial charge is 0.480 e. The van der Waals surface area contributed by atoms with Gasteiger partial charge in [0.25, 0.3) is 5.91 Å². The van der Waals surface area contributed by atoms with Crippen LogP contribution in [0.15, 0.2) is 24.3 Å². The van der Waals surface area contributed by atoms with Crippen molar-refractivity contribution in [3.63, 3.8) is 0 Å². The lowest BCUT2D eigenvalue weighted by Gasteiger charge is -2.30. The van der Waals surface area contributed by atoms with Crippen molar-refractivity contribution in [2.24, 2.45) is 5.92 Å². The van der Waals surface area contributed by atoms with Crippen LogP contribution in [0.1, 0.15) is 40.2 Å². The minimum absolute atomic E-state index is 0.239. The summed E-state index contributed by atoms with van der Waals surface area (Å²) in [5, 5.41) is 12.1. The molecular formula is C19H26N2O5.